The number of fused-ring (bicyclic) bond motifs is 9. The van der Waals surface area contributed by atoms with E-state index < -0.39 is 0 Å². The number of esters is 1. The number of benzene rings is 8. The quantitative estimate of drug-likeness (QED) is 0.124. The van der Waals surface area contributed by atoms with Gasteiger partial charge < -0.3 is 14.2 Å². The van der Waals surface area contributed by atoms with E-state index in [1.54, 1.807) is 0 Å². The van der Waals surface area contributed by atoms with Gasteiger partial charge in [-0.15, -0.1) is 0 Å². The molecule has 4 heteroatoms. The number of carbonyl (C=O) groups is 1. The van der Waals surface area contributed by atoms with Crippen LogP contribution < -0.4 is 9.64 Å². The summed E-state index contributed by atoms with van der Waals surface area (Å²) < 4.78 is 8.20. The van der Waals surface area contributed by atoms with E-state index in [1.165, 1.54) is 33.4 Å². The van der Waals surface area contributed by atoms with Crippen LogP contribution in [0, 0.1) is 5.92 Å². The number of para-hydroxylation sites is 2. The fourth-order valence-corrected chi connectivity index (χ4v) is 10.3. The van der Waals surface area contributed by atoms with Gasteiger partial charge in [-0.2, -0.15) is 0 Å². The van der Waals surface area contributed by atoms with Crippen LogP contribution >= 0.6 is 0 Å². The topological polar surface area (TPSA) is 34.5 Å². The summed E-state index contributed by atoms with van der Waals surface area (Å²) in [6.07, 6.45) is 2.81. The van der Waals surface area contributed by atoms with Crippen LogP contribution in [0.5, 0.6) is 5.75 Å². The number of nitrogens with zero attached hydrogens (tertiary/aromatic N) is 2. The molecule has 2 heterocycles. The molecule has 0 amide bonds. The Balaban J connectivity index is 0.969. The summed E-state index contributed by atoms with van der Waals surface area (Å²) in [5.41, 5.74) is 19.7. The predicted molar refractivity (Wildman–Crippen MR) is 254 cm³/mol. The molecule has 4 nitrogen and oxygen atoms in total. The van der Waals surface area contributed by atoms with E-state index in [0.717, 1.165) is 67.2 Å². The first-order chi connectivity index (χ1) is 30.4. The lowest BCUT2D eigenvalue weighted by Gasteiger charge is -2.30. The molecule has 1 atom stereocenters. The van der Waals surface area contributed by atoms with Gasteiger partial charge in [0.05, 0.1) is 11.4 Å². The summed E-state index contributed by atoms with van der Waals surface area (Å²) in [5.74, 6) is 0.0766. The molecule has 0 radical (unpaired) electrons. The number of rotatable bonds is 6. The van der Waals surface area contributed by atoms with Gasteiger partial charge in [-0.1, -0.05) is 141 Å². The van der Waals surface area contributed by atoms with Gasteiger partial charge in [0.25, 0.3) is 0 Å². The van der Waals surface area contributed by atoms with Gasteiger partial charge in [0.15, 0.2) is 0 Å². The zero-order valence-electron chi connectivity index (χ0n) is 34.5. The standard InChI is InChI=1S/C58H42N2O2/c1-58(2)52-19-11-9-17-45(52)46-31-30-44(34-53(46)58)59(42-26-21-38(22-27-42)37-13-5-3-6-14-37)43-28-23-39(24-29-43)40-25-32-54-49(33-40)50-35-48-47-18-10-12-20-56(47)62-57(61)51(48)36-55(50)60(54)41-15-7-4-8-16-41/h3-35,51H,36H2,1-2H3. The monoisotopic (exact) mass is 798 g/mol. The Hall–Kier alpha value is -7.69. The summed E-state index contributed by atoms with van der Waals surface area (Å²) in [7, 11) is 0. The fourth-order valence-electron chi connectivity index (χ4n) is 10.3. The molecule has 62 heavy (non-hydrogen) atoms. The molecule has 2 aliphatic carbocycles. The second-order valence-corrected chi connectivity index (χ2v) is 17.2. The molecule has 296 valence electrons. The van der Waals surface area contributed by atoms with Crippen LogP contribution in [-0.2, 0) is 16.6 Å². The lowest BCUT2D eigenvalue weighted by atomic mass is 9.80. The zero-order valence-corrected chi connectivity index (χ0v) is 34.5. The minimum atomic E-state index is -0.360. The van der Waals surface area contributed by atoms with Crippen molar-refractivity contribution in [3.63, 3.8) is 0 Å². The van der Waals surface area contributed by atoms with E-state index in [4.69, 9.17) is 4.74 Å². The Morgan fingerprint density at radius 3 is 1.87 bits per heavy atom. The van der Waals surface area contributed by atoms with Gasteiger partial charge in [0.1, 0.15) is 5.75 Å². The van der Waals surface area contributed by atoms with Gasteiger partial charge in [0, 0.05) is 56.8 Å². The van der Waals surface area contributed by atoms with Crippen LogP contribution in [0.4, 0.5) is 17.1 Å². The van der Waals surface area contributed by atoms with Crippen LogP contribution in [0.1, 0.15) is 41.8 Å². The summed E-state index contributed by atoms with van der Waals surface area (Å²) in [6, 6.07) is 69.4. The summed E-state index contributed by atoms with van der Waals surface area (Å²) >= 11 is 0. The molecular formula is C58H42N2O2. The molecule has 0 saturated heterocycles. The SMILES string of the molecule is CC1(C)c2ccccc2-c2ccc(N(c3ccc(-c4ccccc4)cc3)c3ccc(-c4ccc5c(c4)c4c(n5-c5ccccc5)CC5C(=O)Oc6ccccc6C5=C4)cc3)cc21. The van der Waals surface area contributed by atoms with Crippen molar-refractivity contribution in [1.82, 2.24) is 4.57 Å². The average Bonchev–Trinajstić information content (AvgIpc) is 3.76. The van der Waals surface area contributed by atoms with Crippen LogP contribution in [0.15, 0.2) is 194 Å². The molecule has 1 aromatic heterocycles. The molecule has 1 unspecified atom stereocenters. The Morgan fingerprint density at radius 2 is 1.13 bits per heavy atom. The molecule has 0 bridgehead atoms. The highest BCUT2D eigenvalue weighted by Gasteiger charge is 2.39. The summed E-state index contributed by atoms with van der Waals surface area (Å²) in [5, 5.41) is 1.16. The largest absolute Gasteiger partial charge is 0.425 e. The first-order valence-corrected chi connectivity index (χ1v) is 21.5. The second kappa shape index (κ2) is 13.9. The summed E-state index contributed by atoms with van der Waals surface area (Å²) in [4.78, 5) is 15.9. The van der Waals surface area contributed by atoms with E-state index in [0.29, 0.717) is 12.2 Å². The Bertz CT molecular complexity index is 3270. The van der Waals surface area contributed by atoms with Crippen molar-refractivity contribution >= 4 is 45.6 Å². The van der Waals surface area contributed by atoms with E-state index in [2.05, 4.69) is 199 Å². The maximum absolute atomic E-state index is 13.5. The van der Waals surface area contributed by atoms with E-state index >= 15 is 0 Å². The third-order valence-electron chi connectivity index (χ3n) is 13.4. The fraction of sp³-hybridized carbons (Fsp3) is 0.0862. The predicted octanol–water partition coefficient (Wildman–Crippen LogP) is 14.4. The minimum Gasteiger partial charge on any atom is -0.425 e. The Morgan fingerprint density at radius 1 is 0.548 bits per heavy atom. The molecule has 12 rings (SSSR count). The van der Waals surface area contributed by atoms with Gasteiger partial charge in [-0.25, -0.2) is 0 Å². The number of hydrogen-bond donors (Lipinski definition) is 0. The van der Waals surface area contributed by atoms with Crippen molar-refractivity contribution in [1.29, 1.82) is 0 Å². The smallest absolute Gasteiger partial charge is 0.319 e. The molecule has 8 aromatic carbocycles. The van der Waals surface area contributed by atoms with E-state index in [-0.39, 0.29) is 17.3 Å². The number of aromatic nitrogens is 1. The van der Waals surface area contributed by atoms with Gasteiger partial charge >= 0.3 is 5.97 Å². The zero-order chi connectivity index (χ0) is 41.5. The van der Waals surface area contributed by atoms with Crippen molar-refractivity contribution < 1.29 is 9.53 Å². The number of ether oxygens (including phenoxy) is 1. The van der Waals surface area contributed by atoms with Crippen molar-refractivity contribution in [2.75, 3.05) is 4.90 Å². The molecule has 9 aromatic rings. The Kier molecular flexibility index (Phi) is 8.13. The van der Waals surface area contributed by atoms with E-state index in [1.807, 2.05) is 24.3 Å². The molecule has 0 spiro atoms. The first-order valence-electron chi connectivity index (χ1n) is 21.5. The van der Waals surface area contributed by atoms with E-state index in [9.17, 15) is 4.79 Å². The third-order valence-corrected chi connectivity index (χ3v) is 13.4. The van der Waals surface area contributed by atoms with Crippen molar-refractivity contribution in [2.24, 2.45) is 5.92 Å². The van der Waals surface area contributed by atoms with Crippen molar-refractivity contribution in [3.05, 3.63) is 222 Å². The first kappa shape index (κ1) is 36.2. The molecular weight excluding hydrogens is 757 g/mol. The van der Waals surface area contributed by atoms with Crippen LogP contribution in [0.3, 0.4) is 0 Å². The highest BCUT2D eigenvalue weighted by molar-refractivity contribution is 6.07. The van der Waals surface area contributed by atoms with Crippen LogP contribution in [-0.4, -0.2) is 10.5 Å². The van der Waals surface area contributed by atoms with Crippen molar-refractivity contribution in [2.45, 2.75) is 25.7 Å². The highest BCUT2D eigenvalue weighted by atomic mass is 16.5. The second-order valence-electron chi connectivity index (χ2n) is 17.2. The van der Waals surface area contributed by atoms with Gasteiger partial charge in [-0.05, 0) is 123 Å². The number of anilines is 3. The lowest BCUT2D eigenvalue weighted by molar-refractivity contribution is -0.137. The van der Waals surface area contributed by atoms with Gasteiger partial charge in [-0.3, -0.25) is 4.79 Å². The van der Waals surface area contributed by atoms with Crippen LogP contribution in [0.25, 0.3) is 61.6 Å². The van der Waals surface area contributed by atoms with Crippen LogP contribution in [0.2, 0.25) is 0 Å². The number of hydrogen-bond acceptors (Lipinski definition) is 3. The maximum atomic E-state index is 13.5. The molecule has 0 N–H and O–H groups in total. The molecule has 0 fully saturated rings. The van der Waals surface area contributed by atoms with Crippen molar-refractivity contribution in [3.8, 4) is 44.8 Å². The molecule has 1 aliphatic heterocycles. The lowest BCUT2D eigenvalue weighted by Crippen LogP contribution is -2.30. The minimum absolute atomic E-state index is 0.119. The molecule has 0 saturated carbocycles. The third kappa shape index (κ3) is 5.64. The average molecular weight is 799 g/mol. The molecule has 3 aliphatic rings. The Labute approximate surface area is 361 Å². The highest BCUT2D eigenvalue weighted by Crippen LogP contribution is 2.51. The van der Waals surface area contributed by atoms with Gasteiger partial charge in [0.2, 0.25) is 0 Å². The summed E-state index contributed by atoms with van der Waals surface area (Å²) in [6.45, 7) is 4.68. The number of carbonyl (C=O) groups excluding carboxylic acids is 1. The maximum Gasteiger partial charge on any atom is 0.319 e. The normalized spacial score (nSPS) is 15.4.